The molecule has 1 saturated heterocycles. The standard InChI is InChI=1S/C42H41N3O8/c1-27-25-45(41(49)43-38(27)46)37-24-28(10-9-23-44-39(47)34-13-7-8-14-35(34)40(44)48)36(53-37)26-52-42(29-11-5-4-6-12-29,30-15-19-32(50-2)20-16-30)31-17-21-33(51-3)22-18-31/h4-8,11-22,25,28,36-37H,9-10,23-24,26H2,1-3H3,(H,43,46,49)/t28-,36-,37+/m1/s1. The number of nitrogens with zero attached hydrogens (tertiary/aromatic N) is 2. The Bertz CT molecular complexity index is 2130. The summed E-state index contributed by atoms with van der Waals surface area (Å²) in [5, 5.41) is 0. The molecule has 1 fully saturated rings. The molecule has 0 bridgehead atoms. The average Bonchev–Trinajstić information content (AvgIpc) is 3.71. The molecule has 1 N–H and O–H groups in total. The molecule has 2 amide bonds. The number of methoxy groups -OCH3 is 2. The minimum absolute atomic E-state index is 0.123. The smallest absolute Gasteiger partial charge is 0.330 e. The van der Waals surface area contributed by atoms with Crippen molar-refractivity contribution < 1.29 is 28.5 Å². The Morgan fingerprint density at radius 3 is 1.87 bits per heavy atom. The van der Waals surface area contributed by atoms with Crippen molar-refractivity contribution in [2.75, 3.05) is 27.4 Å². The van der Waals surface area contributed by atoms with Crippen molar-refractivity contribution in [3.63, 3.8) is 0 Å². The topological polar surface area (TPSA) is 129 Å². The molecule has 7 rings (SSSR count). The second kappa shape index (κ2) is 15.1. The van der Waals surface area contributed by atoms with Gasteiger partial charge < -0.3 is 18.9 Å². The lowest BCUT2D eigenvalue weighted by atomic mass is 9.80. The van der Waals surface area contributed by atoms with E-state index in [4.69, 9.17) is 18.9 Å². The van der Waals surface area contributed by atoms with Crippen LogP contribution >= 0.6 is 0 Å². The number of amides is 2. The Balaban J connectivity index is 1.22. The monoisotopic (exact) mass is 715 g/mol. The highest BCUT2D eigenvalue weighted by Gasteiger charge is 2.43. The average molecular weight is 716 g/mol. The van der Waals surface area contributed by atoms with Gasteiger partial charge in [-0.25, -0.2) is 4.79 Å². The van der Waals surface area contributed by atoms with E-state index in [1.54, 1.807) is 45.4 Å². The van der Waals surface area contributed by atoms with Gasteiger partial charge >= 0.3 is 5.69 Å². The quantitative estimate of drug-likeness (QED) is 0.119. The highest BCUT2D eigenvalue weighted by molar-refractivity contribution is 6.21. The summed E-state index contributed by atoms with van der Waals surface area (Å²) in [6.45, 7) is 2.00. The van der Waals surface area contributed by atoms with Gasteiger partial charge in [0, 0.05) is 18.3 Å². The molecule has 4 aromatic carbocycles. The highest BCUT2D eigenvalue weighted by atomic mass is 16.6. The zero-order chi connectivity index (χ0) is 37.1. The van der Waals surface area contributed by atoms with Gasteiger partial charge in [0.05, 0.1) is 38.1 Å². The van der Waals surface area contributed by atoms with Crippen molar-refractivity contribution in [1.29, 1.82) is 0 Å². The number of aromatic amines is 1. The molecule has 5 aromatic rings. The molecular weight excluding hydrogens is 674 g/mol. The molecule has 0 spiro atoms. The maximum absolute atomic E-state index is 13.1. The summed E-state index contributed by atoms with van der Waals surface area (Å²) in [5.74, 6) is 0.676. The molecule has 0 radical (unpaired) electrons. The van der Waals surface area contributed by atoms with Crippen molar-refractivity contribution in [1.82, 2.24) is 14.5 Å². The second-order valence-corrected chi connectivity index (χ2v) is 13.4. The fourth-order valence-electron chi connectivity index (χ4n) is 7.47. The summed E-state index contributed by atoms with van der Waals surface area (Å²) < 4.78 is 26.3. The summed E-state index contributed by atoms with van der Waals surface area (Å²) in [5.41, 5.74) is 1.71. The number of hydrogen-bond donors (Lipinski definition) is 1. The van der Waals surface area contributed by atoms with Crippen molar-refractivity contribution in [3.8, 4) is 11.5 Å². The van der Waals surface area contributed by atoms with Gasteiger partial charge in [-0.15, -0.1) is 0 Å². The minimum atomic E-state index is -1.10. The second-order valence-electron chi connectivity index (χ2n) is 13.4. The Kier molecular flexibility index (Phi) is 10.1. The van der Waals surface area contributed by atoms with E-state index in [2.05, 4.69) is 4.98 Å². The number of rotatable bonds is 13. The lowest BCUT2D eigenvalue weighted by Crippen LogP contribution is -2.37. The van der Waals surface area contributed by atoms with E-state index in [-0.39, 0.29) is 30.9 Å². The lowest BCUT2D eigenvalue weighted by Gasteiger charge is -2.37. The van der Waals surface area contributed by atoms with Crippen LogP contribution in [0.1, 0.15) is 68.5 Å². The number of aromatic nitrogens is 2. The van der Waals surface area contributed by atoms with Crippen molar-refractivity contribution in [2.45, 2.75) is 44.1 Å². The van der Waals surface area contributed by atoms with Gasteiger partial charge in [-0.3, -0.25) is 28.8 Å². The third kappa shape index (κ3) is 6.81. The molecule has 0 aliphatic carbocycles. The van der Waals surface area contributed by atoms with Crippen LogP contribution in [0.15, 0.2) is 119 Å². The number of hydrogen-bond acceptors (Lipinski definition) is 8. The first kappa shape index (κ1) is 35.6. The zero-order valence-electron chi connectivity index (χ0n) is 29.8. The van der Waals surface area contributed by atoms with Crippen LogP contribution in [0.5, 0.6) is 11.5 Å². The van der Waals surface area contributed by atoms with Crippen molar-refractivity contribution in [3.05, 3.63) is 164 Å². The molecule has 0 saturated carbocycles. The maximum atomic E-state index is 13.1. The van der Waals surface area contributed by atoms with Gasteiger partial charge in [-0.2, -0.15) is 0 Å². The third-order valence-electron chi connectivity index (χ3n) is 10.3. The van der Waals surface area contributed by atoms with Crippen LogP contribution in [-0.2, 0) is 15.1 Å². The van der Waals surface area contributed by atoms with E-state index in [0.29, 0.717) is 47.5 Å². The Hall–Kier alpha value is -5.78. The fourth-order valence-corrected chi connectivity index (χ4v) is 7.47. The van der Waals surface area contributed by atoms with Gasteiger partial charge in [0.25, 0.3) is 17.4 Å². The van der Waals surface area contributed by atoms with Gasteiger partial charge in [0.15, 0.2) is 0 Å². The van der Waals surface area contributed by atoms with E-state index in [1.807, 2.05) is 78.9 Å². The predicted octanol–water partition coefficient (Wildman–Crippen LogP) is 5.85. The summed E-state index contributed by atoms with van der Waals surface area (Å²) in [4.78, 5) is 55.2. The third-order valence-corrected chi connectivity index (χ3v) is 10.3. The zero-order valence-corrected chi connectivity index (χ0v) is 29.8. The number of carbonyl (C=O) groups excluding carboxylic acids is 2. The fraction of sp³-hybridized carbons (Fsp3) is 0.286. The Morgan fingerprint density at radius 1 is 0.755 bits per heavy atom. The first-order valence-electron chi connectivity index (χ1n) is 17.6. The first-order chi connectivity index (χ1) is 25.7. The van der Waals surface area contributed by atoms with Crippen LogP contribution in [0.25, 0.3) is 0 Å². The Labute approximate surface area is 306 Å². The van der Waals surface area contributed by atoms with Crippen LogP contribution in [0.2, 0.25) is 0 Å². The highest BCUT2D eigenvalue weighted by Crippen LogP contribution is 2.44. The molecule has 11 heteroatoms. The largest absolute Gasteiger partial charge is 0.497 e. The van der Waals surface area contributed by atoms with Crippen molar-refractivity contribution >= 4 is 11.8 Å². The number of aryl methyl sites for hydroxylation is 1. The molecule has 0 unspecified atom stereocenters. The first-order valence-corrected chi connectivity index (χ1v) is 17.6. The number of H-pyrrole nitrogens is 1. The molecule has 53 heavy (non-hydrogen) atoms. The number of benzene rings is 4. The molecule has 11 nitrogen and oxygen atoms in total. The molecular formula is C42H41N3O8. The number of nitrogens with one attached hydrogen (secondary N) is 1. The van der Waals surface area contributed by atoms with E-state index in [1.165, 1.54) is 15.7 Å². The number of imide groups is 1. The van der Waals surface area contributed by atoms with Crippen LogP contribution < -0.4 is 20.7 Å². The van der Waals surface area contributed by atoms with Gasteiger partial charge in [-0.1, -0.05) is 66.7 Å². The van der Waals surface area contributed by atoms with Gasteiger partial charge in [-0.05, 0) is 85.2 Å². The number of carbonyl (C=O) groups is 2. The molecule has 2 aliphatic rings. The van der Waals surface area contributed by atoms with Crippen LogP contribution in [-0.4, -0.2) is 59.7 Å². The maximum Gasteiger partial charge on any atom is 0.330 e. The minimum Gasteiger partial charge on any atom is -0.497 e. The van der Waals surface area contributed by atoms with E-state index in [0.717, 1.165) is 16.7 Å². The van der Waals surface area contributed by atoms with Crippen LogP contribution in [0.4, 0.5) is 0 Å². The summed E-state index contributed by atoms with van der Waals surface area (Å²) >= 11 is 0. The lowest BCUT2D eigenvalue weighted by molar-refractivity contribution is -0.0854. The molecule has 1 aromatic heterocycles. The molecule has 3 heterocycles. The molecule has 3 atom stereocenters. The number of ether oxygens (including phenoxy) is 4. The van der Waals surface area contributed by atoms with Crippen molar-refractivity contribution in [2.24, 2.45) is 5.92 Å². The van der Waals surface area contributed by atoms with E-state index >= 15 is 0 Å². The van der Waals surface area contributed by atoms with Gasteiger partial charge in [0.2, 0.25) is 0 Å². The summed E-state index contributed by atoms with van der Waals surface area (Å²) in [6.07, 6.45) is 1.89. The van der Waals surface area contributed by atoms with Crippen LogP contribution in [0.3, 0.4) is 0 Å². The summed E-state index contributed by atoms with van der Waals surface area (Å²) in [6, 6.07) is 32.3. The molecule has 2 aliphatic heterocycles. The molecule has 272 valence electrons. The number of fused-ring (bicyclic) bond motifs is 1. The normalized spacial score (nSPS) is 18.3. The van der Waals surface area contributed by atoms with E-state index in [9.17, 15) is 19.2 Å². The van der Waals surface area contributed by atoms with E-state index < -0.39 is 29.2 Å². The predicted molar refractivity (Wildman–Crippen MR) is 197 cm³/mol. The van der Waals surface area contributed by atoms with Crippen LogP contribution in [0, 0.1) is 12.8 Å². The Morgan fingerprint density at radius 2 is 1.30 bits per heavy atom. The SMILES string of the molecule is COc1ccc(C(OC[C@H]2O[C@H](n3cc(C)c(=O)[nH]c3=O)C[C@H]2CCCN2C(=O)c3ccccc3C2=O)(c2ccccc2)c2ccc(OC)cc2)cc1. The van der Waals surface area contributed by atoms with Gasteiger partial charge in [0.1, 0.15) is 23.3 Å². The summed E-state index contributed by atoms with van der Waals surface area (Å²) in [7, 11) is 3.24.